The van der Waals surface area contributed by atoms with Crippen molar-refractivity contribution in [3.05, 3.63) is 35.4 Å². The Morgan fingerprint density at radius 3 is 2.71 bits per heavy atom. The van der Waals surface area contributed by atoms with E-state index in [2.05, 4.69) is 5.32 Å². The minimum Gasteiger partial charge on any atom is -0.479 e. The van der Waals surface area contributed by atoms with Gasteiger partial charge in [-0.3, -0.25) is 4.79 Å². The molecule has 17 heavy (non-hydrogen) atoms. The first kappa shape index (κ1) is 13.2. The highest BCUT2D eigenvalue weighted by molar-refractivity contribution is 5.94. The van der Waals surface area contributed by atoms with Gasteiger partial charge in [-0.25, -0.2) is 4.79 Å². The topological polar surface area (TPSA) is 86.6 Å². The summed E-state index contributed by atoms with van der Waals surface area (Å²) < 4.78 is 0. The molecule has 0 aliphatic rings. The summed E-state index contributed by atoms with van der Waals surface area (Å²) in [4.78, 5) is 21.9. The van der Waals surface area contributed by atoms with E-state index in [0.29, 0.717) is 5.56 Å². The third-order valence-corrected chi connectivity index (χ3v) is 2.27. The number of carbonyl (C=O) groups is 2. The van der Waals surface area contributed by atoms with Crippen molar-refractivity contribution in [3.8, 4) is 0 Å². The number of aryl methyl sites for hydroxylation is 1. The number of aliphatic hydroxyl groups excluding tert-OH is 1. The number of benzene rings is 1. The summed E-state index contributed by atoms with van der Waals surface area (Å²) in [6.07, 6.45) is -1.44. The number of aliphatic hydroxyl groups is 1. The van der Waals surface area contributed by atoms with Crippen LogP contribution < -0.4 is 5.32 Å². The molecule has 0 saturated carbocycles. The zero-order valence-corrected chi connectivity index (χ0v) is 9.51. The number of carbonyl (C=O) groups excluding carboxylic acids is 1. The van der Waals surface area contributed by atoms with Crippen LogP contribution in [0.1, 0.15) is 22.3 Å². The van der Waals surface area contributed by atoms with Crippen molar-refractivity contribution in [1.29, 1.82) is 0 Å². The second-order valence-electron chi connectivity index (χ2n) is 3.77. The summed E-state index contributed by atoms with van der Waals surface area (Å²) in [5, 5.41) is 20.0. The molecule has 5 nitrogen and oxygen atoms in total. The molecule has 0 aliphatic heterocycles. The van der Waals surface area contributed by atoms with Crippen LogP contribution in [-0.4, -0.2) is 34.7 Å². The molecule has 0 unspecified atom stereocenters. The average Bonchev–Trinajstić information content (AvgIpc) is 2.28. The lowest BCUT2D eigenvalue weighted by Crippen LogP contribution is -2.30. The van der Waals surface area contributed by atoms with Gasteiger partial charge >= 0.3 is 5.97 Å². The predicted molar refractivity (Wildman–Crippen MR) is 61.8 cm³/mol. The molecule has 0 spiro atoms. The largest absolute Gasteiger partial charge is 0.479 e. The van der Waals surface area contributed by atoms with Crippen molar-refractivity contribution in [2.45, 2.75) is 19.4 Å². The van der Waals surface area contributed by atoms with Gasteiger partial charge in [-0.2, -0.15) is 0 Å². The van der Waals surface area contributed by atoms with Gasteiger partial charge in [-0.1, -0.05) is 17.7 Å². The Balaban J connectivity index is 2.43. The van der Waals surface area contributed by atoms with E-state index in [0.717, 1.165) is 5.56 Å². The molecule has 5 heteroatoms. The summed E-state index contributed by atoms with van der Waals surface area (Å²) in [5.41, 5.74) is 1.50. The third kappa shape index (κ3) is 4.24. The Morgan fingerprint density at radius 1 is 1.41 bits per heavy atom. The van der Waals surface area contributed by atoms with Crippen LogP contribution in [0.5, 0.6) is 0 Å². The van der Waals surface area contributed by atoms with E-state index in [9.17, 15) is 9.59 Å². The maximum atomic E-state index is 11.6. The van der Waals surface area contributed by atoms with Crippen LogP contribution in [0.15, 0.2) is 24.3 Å². The van der Waals surface area contributed by atoms with Gasteiger partial charge in [0.15, 0.2) is 6.10 Å². The van der Waals surface area contributed by atoms with E-state index in [1.54, 1.807) is 18.2 Å². The number of aliphatic carboxylic acids is 1. The standard InChI is InChI=1S/C12H15NO4/c1-8-3-2-4-9(7-8)11(15)13-6-5-10(14)12(16)17/h2-4,7,10,14H,5-6H2,1H3,(H,13,15)(H,16,17)/t10-/m0/s1. The number of nitrogens with one attached hydrogen (secondary N) is 1. The van der Waals surface area contributed by atoms with Crippen LogP contribution >= 0.6 is 0 Å². The SMILES string of the molecule is Cc1cccc(C(=O)NCC[C@H](O)C(=O)O)c1. The van der Waals surface area contributed by atoms with E-state index in [-0.39, 0.29) is 18.9 Å². The van der Waals surface area contributed by atoms with Gasteiger partial charge in [-0.15, -0.1) is 0 Å². The van der Waals surface area contributed by atoms with E-state index in [4.69, 9.17) is 10.2 Å². The fourth-order valence-corrected chi connectivity index (χ4v) is 1.33. The molecule has 1 aromatic carbocycles. The monoisotopic (exact) mass is 237 g/mol. The molecule has 0 radical (unpaired) electrons. The van der Waals surface area contributed by atoms with Crippen LogP contribution in [0, 0.1) is 6.92 Å². The Labute approximate surface area is 99.1 Å². The maximum absolute atomic E-state index is 11.6. The van der Waals surface area contributed by atoms with Crippen molar-refractivity contribution in [1.82, 2.24) is 5.32 Å². The molecule has 0 aliphatic carbocycles. The summed E-state index contributed by atoms with van der Waals surface area (Å²) >= 11 is 0. The van der Waals surface area contributed by atoms with Gasteiger partial charge in [0, 0.05) is 18.5 Å². The zero-order valence-electron chi connectivity index (χ0n) is 9.51. The highest BCUT2D eigenvalue weighted by Gasteiger charge is 2.13. The molecule has 0 heterocycles. The predicted octanol–water partition coefficient (Wildman–Crippen LogP) is 0.560. The molecule has 1 amide bonds. The van der Waals surface area contributed by atoms with Crippen molar-refractivity contribution in [3.63, 3.8) is 0 Å². The summed E-state index contributed by atoms with van der Waals surface area (Å²) in [5.74, 6) is -1.55. The number of hydrogen-bond donors (Lipinski definition) is 3. The molecule has 0 aromatic heterocycles. The Morgan fingerprint density at radius 2 is 2.12 bits per heavy atom. The van der Waals surface area contributed by atoms with E-state index in [1.807, 2.05) is 13.0 Å². The van der Waals surface area contributed by atoms with Crippen molar-refractivity contribution in [2.24, 2.45) is 0 Å². The maximum Gasteiger partial charge on any atom is 0.332 e. The minimum atomic E-state index is -1.44. The second kappa shape index (κ2) is 6.00. The number of carboxylic acids is 1. The van der Waals surface area contributed by atoms with Crippen molar-refractivity contribution < 1.29 is 19.8 Å². The first-order chi connectivity index (χ1) is 8.00. The smallest absolute Gasteiger partial charge is 0.332 e. The number of amides is 1. The highest BCUT2D eigenvalue weighted by Crippen LogP contribution is 2.03. The van der Waals surface area contributed by atoms with Crippen LogP contribution in [0.3, 0.4) is 0 Å². The normalized spacial score (nSPS) is 11.9. The van der Waals surface area contributed by atoms with Crippen LogP contribution in [0.4, 0.5) is 0 Å². The molecule has 1 rings (SSSR count). The summed E-state index contributed by atoms with van der Waals surface area (Å²) in [6.45, 7) is 2.01. The number of rotatable bonds is 5. The lowest BCUT2D eigenvalue weighted by atomic mass is 10.1. The summed E-state index contributed by atoms with van der Waals surface area (Å²) in [7, 11) is 0. The Kier molecular flexibility index (Phi) is 4.66. The first-order valence-corrected chi connectivity index (χ1v) is 5.26. The lowest BCUT2D eigenvalue weighted by Gasteiger charge is -2.07. The first-order valence-electron chi connectivity index (χ1n) is 5.26. The number of hydrogen-bond acceptors (Lipinski definition) is 3. The molecule has 92 valence electrons. The quantitative estimate of drug-likeness (QED) is 0.698. The van der Waals surface area contributed by atoms with Gasteiger partial charge < -0.3 is 15.5 Å². The second-order valence-corrected chi connectivity index (χ2v) is 3.77. The molecule has 0 fully saturated rings. The van der Waals surface area contributed by atoms with Gasteiger partial charge in [-0.05, 0) is 19.1 Å². The Bertz CT molecular complexity index is 417. The molecular formula is C12H15NO4. The zero-order chi connectivity index (χ0) is 12.8. The van der Waals surface area contributed by atoms with E-state index >= 15 is 0 Å². The molecule has 3 N–H and O–H groups in total. The fraction of sp³-hybridized carbons (Fsp3) is 0.333. The van der Waals surface area contributed by atoms with Gasteiger partial charge in [0.05, 0.1) is 0 Å². The van der Waals surface area contributed by atoms with Gasteiger partial charge in [0.25, 0.3) is 5.91 Å². The molecular weight excluding hydrogens is 222 g/mol. The highest BCUT2D eigenvalue weighted by atomic mass is 16.4. The Hall–Kier alpha value is -1.88. The van der Waals surface area contributed by atoms with E-state index in [1.165, 1.54) is 0 Å². The lowest BCUT2D eigenvalue weighted by molar-refractivity contribution is -0.146. The summed E-state index contributed by atoms with van der Waals surface area (Å²) in [6, 6.07) is 7.07. The van der Waals surface area contributed by atoms with Crippen LogP contribution in [0.2, 0.25) is 0 Å². The van der Waals surface area contributed by atoms with Gasteiger partial charge in [0.2, 0.25) is 0 Å². The molecule has 0 saturated heterocycles. The van der Waals surface area contributed by atoms with Crippen molar-refractivity contribution in [2.75, 3.05) is 6.54 Å². The third-order valence-electron chi connectivity index (χ3n) is 2.27. The fourth-order valence-electron chi connectivity index (χ4n) is 1.33. The van der Waals surface area contributed by atoms with E-state index < -0.39 is 12.1 Å². The molecule has 1 atom stereocenters. The van der Waals surface area contributed by atoms with Crippen LogP contribution in [0.25, 0.3) is 0 Å². The van der Waals surface area contributed by atoms with Gasteiger partial charge in [0.1, 0.15) is 0 Å². The van der Waals surface area contributed by atoms with Crippen LogP contribution in [-0.2, 0) is 4.79 Å². The van der Waals surface area contributed by atoms with Crippen molar-refractivity contribution >= 4 is 11.9 Å². The number of carboxylic acid groups (broad SMARTS) is 1. The molecule has 1 aromatic rings. The molecule has 0 bridgehead atoms. The minimum absolute atomic E-state index is 0.00705. The average molecular weight is 237 g/mol.